The summed E-state index contributed by atoms with van der Waals surface area (Å²) in [5.74, 6) is -0.503. The molecule has 202 valence electrons. The Labute approximate surface area is 212 Å². The summed E-state index contributed by atoms with van der Waals surface area (Å²) in [6, 6.07) is 3.73. The molecule has 0 unspecified atom stereocenters. The highest BCUT2D eigenvalue weighted by atomic mass is 32.2. The number of ether oxygens (including phenoxy) is 4. The van der Waals surface area contributed by atoms with Crippen molar-refractivity contribution in [1.82, 2.24) is 4.90 Å². The number of sulfone groups is 1. The zero-order valence-corrected chi connectivity index (χ0v) is 22.0. The number of rotatable bonds is 15. The van der Waals surface area contributed by atoms with Crippen molar-refractivity contribution in [1.29, 1.82) is 0 Å². The quantitative estimate of drug-likeness (QED) is 0.193. The Morgan fingerprint density at radius 3 is 2.58 bits per heavy atom. The molecular weight excluding hydrogens is 493 g/mol. The average Bonchev–Trinajstić information content (AvgIpc) is 3.77. The van der Waals surface area contributed by atoms with Gasteiger partial charge in [-0.3, -0.25) is 4.90 Å². The van der Waals surface area contributed by atoms with Gasteiger partial charge in [0.15, 0.2) is 21.4 Å². The molecule has 0 aliphatic heterocycles. The van der Waals surface area contributed by atoms with Crippen LogP contribution in [0, 0.1) is 11.7 Å². The molecule has 36 heavy (non-hydrogen) atoms. The number of amides is 1. The van der Waals surface area contributed by atoms with E-state index in [-0.39, 0.29) is 43.6 Å². The summed E-state index contributed by atoms with van der Waals surface area (Å²) >= 11 is 0. The van der Waals surface area contributed by atoms with Gasteiger partial charge in [-0.2, -0.15) is 0 Å². The fourth-order valence-electron chi connectivity index (χ4n) is 3.97. The fraction of sp³-hybridized carbons (Fsp3) is 0.680. The minimum atomic E-state index is -3.42. The van der Waals surface area contributed by atoms with E-state index >= 15 is 0 Å². The molecule has 0 aromatic heterocycles. The van der Waals surface area contributed by atoms with Crippen LogP contribution in [0.5, 0.6) is 5.75 Å². The van der Waals surface area contributed by atoms with Gasteiger partial charge in [-0.15, -0.1) is 0 Å². The Hall–Kier alpha value is -2.40. The molecule has 1 aromatic rings. The Balaban J connectivity index is 1.49. The zero-order valence-electron chi connectivity index (χ0n) is 21.2. The van der Waals surface area contributed by atoms with Gasteiger partial charge in [0.25, 0.3) is 0 Å². The van der Waals surface area contributed by atoms with Crippen LogP contribution in [-0.4, -0.2) is 76.6 Å². The Kier molecular flexibility index (Phi) is 9.57. The van der Waals surface area contributed by atoms with Gasteiger partial charge in [0.1, 0.15) is 12.8 Å². The molecular formula is C25H36FNO8S. The molecule has 0 bridgehead atoms. The molecule has 2 aliphatic carbocycles. The average molecular weight is 530 g/mol. The lowest BCUT2D eigenvalue weighted by molar-refractivity contribution is -0.147. The number of hydrogen-bond acceptors (Lipinski definition) is 8. The molecule has 9 nitrogen and oxygen atoms in total. The lowest BCUT2D eigenvalue weighted by Gasteiger charge is -2.26. The van der Waals surface area contributed by atoms with E-state index in [0.29, 0.717) is 12.5 Å². The van der Waals surface area contributed by atoms with Crippen molar-refractivity contribution in [2.24, 2.45) is 5.92 Å². The van der Waals surface area contributed by atoms with Crippen LogP contribution < -0.4 is 4.74 Å². The van der Waals surface area contributed by atoms with Crippen LogP contribution >= 0.6 is 0 Å². The molecule has 2 aliphatic rings. The SMILES string of the molecule is CCOC(=O)N(COCCCS(=O)(=O)CC1(c2ccc(F)c(OCC3CC3)c2)CC1)[C@@H](C)C(=O)OC. The standard InChI is InChI=1S/C25H36FNO8S/c1-4-34-24(29)27(18(2)23(28)32-3)17-33-12-5-13-36(30,31)16-25(10-11-25)20-8-9-21(26)22(14-20)35-15-19-6-7-19/h8-9,14,18-19H,4-7,10-13,15-17H2,1-3H3/t18-/m0/s1. The maximum atomic E-state index is 14.2. The smallest absolute Gasteiger partial charge is 0.412 e. The Morgan fingerprint density at radius 2 is 1.97 bits per heavy atom. The number of esters is 1. The molecule has 0 saturated heterocycles. The fourth-order valence-corrected chi connectivity index (χ4v) is 5.97. The first-order valence-corrected chi connectivity index (χ1v) is 14.1. The molecule has 2 saturated carbocycles. The minimum Gasteiger partial charge on any atom is -0.490 e. The lowest BCUT2D eigenvalue weighted by atomic mass is 9.98. The highest BCUT2D eigenvalue weighted by Gasteiger charge is 2.47. The third kappa shape index (κ3) is 7.80. The molecule has 11 heteroatoms. The summed E-state index contributed by atoms with van der Waals surface area (Å²) in [5.41, 5.74) is 0.276. The monoisotopic (exact) mass is 529 g/mol. The van der Waals surface area contributed by atoms with Crippen LogP contribution in [0.3, 0.4) is 0 Å². The summed E-state index contributed by atoms with van der Waals surface area (Å²) < 4.78 is 60.6. The van der Waals surface area contributed by atoms with Crippen molar-refractivity contribution < 1.29 is 41.3 Å². The van der Waals surface area contributed by atoms with Gasteiger partial charge in [-0.1, -0.05) is 6.07 Å². The zero-order chi connectivity index (χ0) is 26.3. The van der Waals surface area contributed by atoms with Gasteiger partial charge < -0.3 is 18.9 Å². The molecule has 0 heterocycles. The normalized spacial score (nSPS) is 17.2. The first kappa shape index (κ1) is 28.2. The first-order valence-electron chi connectivity index (χ1n) is 12.3. The van der Waals surface area contributed by atoms with Crippen LogP contribution in [0.25, 0.3) is 0 Å². The summed E-state index contributed by atoms with van der Waals surface area (Å²) in [6.45, 7) is 3.59. The maximum absolute atomic E-state index is 14.2. The number of benzene rings is 1. The van der Waals surface area contributed by atoms with Gasteiger partial charge in [-0.25, -0.2) is 22.4 Å². The minimum absolute atomic E-state index is 0.0258. The number of halogens is 1. The molecule has 0 spiro atoms. The summed E-state index contributed by atoms with van der Waals surface area (Å²) in [5, 5.41) is 0. The van der Waals surface area contributed by atoms with Crippen molar-refractivity contribution in [2.45, 2.75) is 57.4 Å². The Bertz CT molecular complexity index is 1020. The van der Waals surface area contributed by atoms with E-state index in [4.69, 9.17) is 14.2 Å². The second-order valence-corrected chi connectivity index (χ2v) is 11.7. The van der Waals surface area contributed by atoms with Crippen LogP contribution in [0.15, 0.2) is 18.2 Å². The van der Waals surface area contributed by atoms with Gasteiger partial charge in [0, 0.05) is 12.0 Å². The molecule has 1 amide bonds. The predicted molar refractivity (Wildman–Crippen MR) is 130 cm³/mol. The summed E-state index contributed by atoms with van der Waals surface area (Å²) in [7, 11) is -2.20. The molecule has 1 atom stereocenters. The van der Waals surface area contributed by atoms with E-state index in [0.717, 1.165) is 36.1 Å². The van der Waals surface area contributed by atoms with E-state index in [1.165, 1.54) is 20.1 Å². The van der Waals surface area contributed by atoms with Crippen molar-refractivity contribution >= 4 is 21.9 Å². The Morgan fingerprint density at radius 1 is 1.25 bits per heavy atom. The number of carbonyl (C=O) groups excluding carboxylic acids is 2. The number of hydrogen-bond donors (Lipinski definition) is 0. The van der Waals surface area contributed by atoms with E-state index in [2.05, 4.69) is 4.74 Å². The molecule has 0 radical (unpaired) electrons. The number of carbonyl (C=O) groups is 2. The summed E-state index contributed by atoms with van der Waals surface area (Å²) in [6.07, 6.45) is 3.13. The third-order valence-corrected chi connectivity index (χ3v) is 8.45. The molecule has 1 aromatic carbocycles. The van der Waals surface area contributed by atoms with Crippen LogP contribution in [-0.2, 0) is 34.3 Å². The van der Waals surface area contributed by atoms with E-state index in [9.17, 15) is 22.4 Å². The van der Waals surface area contributed by atoms with Crippen LogP contribution in [0.4, 0.5) is 9.18 Å². The molecule has 3 rings (SSSR count). The van der Waals surface area contributed by atoms with Crippen molar-refractivity contribution in [3.63, 3.8) is 0 Å². The van der Waals surface area contributed by atoms with Gasteiger partial charge in [0.2, 0.25) is 0 Å². The highest BCUT2D eigenvalue weighted by molar-refractivity contribution is 7.91. The molecule has 0 N–H and O–H groups in total. The third-order valence-electron chi connectivity index (χ3n) is 6.55. The van der Waals surface area contributed by atoms with E-state index in [1.54, 1.807) is 19.1 Å². The van der Waals surface area contributed by atoms with E-state index < -0.39 is 39.2 Å². The van der Waals surface area contributed by atoms with Gasteiger partial charge in [-0.05, 0) is 69.6 Å². The van der Waals surface area contributed by atoms with Gasteiger partial charge >= 0.3 is 12.1 Å². The van der Waals surface area contributed by atoms with Gasteiger partial charge in [0.05, 0.1) is 31.8 Å². The maximum Gasteiger partial charge on any atom is 0.412 e. The van der Waals surface area contributed by atoms with Crippen molar-refractivity contribution in [3.05, 3.63) is 29.6 Å². The topological polar surface area (TPSA) is 108 Å². The lowest BCUT2D eigenvalue weighted by Crippen LogP contribution is -2.45. The van der Waals surface area contributed by atoms with Crippen LogP contribution in [0.1, 0.15) is 51.5 Å². The van der Waals surface area contributed by atoms with Crippen molar-refractivity contribution in [2.75, 3.05) is 45.2 Å². The number of methoxy groups -OCH3 is 1. The largest absolute Gasteiger partial charge is 0.490 e. The predicted octanol–water partition coefficient (Wildman–Crippen LogP) is 3.45. The second-order valence-electron chi connectivity index (χ2n) is 9.53. The molecule has 2 fully saturated rings. The highest BCUT2D eigenvalue weighted by Crippen LogP contribution is 2.50. The van der Waals surface area contributed by atoms with Crippen LogP contribution in [0.2, 0.25) is 0 Å². The number of nitrogens with zero attached hydrogens (tertiary/aromatic N) is 1. The van der Waals surface area contributed by atoms with E-state index in [1.807, 2.05) is 0 Å². The van der Waals surface area contributed by atoms with Crippen molar-refractivity contribution in [3.8, 4) is 5.75 Å². The first-order chi connectivity index (χ1) is 17.1. The second kappa shape index (κ2) is 12.2. The summed E-state index contributed by atoms with van der Waals surface area (Å²) in [4.78, 5) is 25.0.